The van der Waals surface area contributed by atoms with Crippen molar-refractivity contribution in [3.8, 4) is 0 Å². The number of pyridine rings is 1. The summed E-state index contributed by atoms with van der Waals surface area (Å²) in [5.41, 5.74) is 2.02. The third kappa shape index (κ3) is 3.99. The Labute approximate surface area is 147 Å². The summed E-state index contributed by atoms with van der Waals surface area (Å²) in [5, 5.41) is 5.52. The molecule has 122 valence electrons. The van der Waals surface area contributed by atoms with Gasteiger partial charge in [0.05, 0.1) is 5.56 Å². The van der Waals surface area contributed by atoms with Gasteiger partial charge in [0.2, 0.25) is 5.91 Å². The van der Waals surface area contributed by atoms with Gasteiger partial charge in [0.25, 0.3) is 5.91 Å². The Balaban J connectivity index is 1.49. The van der Waals surface area contributed by atoms with Gasteiger partial charge in [-0.05, 0) is 36.4 Å². The number of nitrogens with zero attached hydrogens (tertiary/aromatic N) is 2. The molecule has 2 heterocycles. The minimum Gasteiger partial charge on any atom is -0.351 e. The Morgan fingerprint density at radius 2 is 1.92 bits per heavy atom. The average Bonchev–Trinajstić information content (AvgIpc) is 3.04. The second-order valence-electron chi connectivity index (χ2n) is 5.17. The molecule has 3 rings (SSSR count). The summed E-state index contributed by atoms with van der Waals surface area (Å²) in [4.78, 5) is 28.1. The average molecular weight is 387 g/mol. The van der Waals surface area contributed by atoms with E-state index in [2.05, 4.69) is 31.5 Å². The first kappa shape index (κ1) is 16.2. The molecule has 2 aromatic heterocycles. The smallest absolute Gasteiger partial charge is 0.252 e. The zero-order valence-electron chi connectivity index (χ0n) is 12.7. The van der Waals surface area contributed by atoms with Gasteiger partial charge in [-0.25, -0.2) is 4.98 Å². The number of imidazole rings is 1. The summed E-state index contributed by atoms with van der Waals surface area (Å²) in [5.74, 6) is -0.371. The molecule has 0 bridgehead atoms. The minimum atomic E-state index is -0.220. The lowest BCUT2D eigenvalue weighted by Crippen LogP contribution is -2.27. The lowest BCUT2D eigenvalue weighted by Gasteiger charge is -2.07. The number of fused-ring (bicyclic) bond motifs is 1. The van der Waals surface area contributed by atoms with E-state index in [-0.39, 0.29) is 24.8 Å². The van der Waals surface area contributed by atoms with E-state index in [1.807, 2.05) is 12.1 Å². The van der Waals surface area contributed by atoms with Gasteiger partial charge in [-0.3, -0.25) is 9.59 Å². The third-order valence-corrected chi connectivity index (χ3v) is 3.95. The normalized spacial score (nSPS) is 10.5. The fourth-order valence-corrected chi connectivity index (χ4v) is 2.47. The Kier molecular flexibility index (Phi) is 4.90. The van der Waals surface area contributed by atoms with Crippen molar-refractivity contribution >= 4 is 39.1 Å². The lowest BCUT2D eigenvalue weighted by atomic mass is 10.2. The van der Waals surface area contributed by atoms with Crippen LogP contribution in [0.2, 0.25) is 0 Å². The summed E-state index contributed by atoms with van der Waals surface area (Å²) >= 11 is 3.34. The SMILES string of the molecule is O=C(CCNC(=O)c1ccc2nccn2c1)Nc1ccc(Br)cc1. The maximum atomic E-state index is 12.1. The number of anilines is 1. The van der Waals surface area contributed by atoms with Gasteiger partial charge in [-0.15, -0.1) is 0 Å². The number of amides is 2. The minimum absolute atomic E-state index is 0.150. The second kappa shape index (κ2) is 7.27. The van der Waals surface area contributed by atoms with Gasteiger partial charge < -0.3 is 15.0 Å². The highest BCUT2D eigenvalue weighted by Crippen LogP contribution is 2.14. The molecule has 0 fully saturated rings. The van der Waals surface area contributed by atoms with Gasteiger partial charge in [-0.1, -0.05) is 15.9 Å². The molecule has 0 aliphatic heterocycles. The van der Waals surface area contributed by atoms with E-state index in [9.17, 15) is 9.59 Å². The molecule has 0 aliphatic rings. The van der Waals surface area contributed by atoms with Gasteiger partial charge in [0.1, 0.15) is 5.65 Å². The van der Waals surface area contributed by atoms with Crippen molar-refractivity contribution in [3.05, 3.63) is 65.0 Å². The number of carbonyl (C=O) groups is 2. The standard InChI is InChI=1S/C17H15BrN4O2/c18-13-2-4-14(5-3-13)21-16(23)7-8-20-17(24)12-1-6-15-19-9-10-22(15)11-12/h1-6,9-11H,7-8H2,(H,20,24)(H,21,23). The number of hydrogen-bond donors (Lipinski definition) is 2. The van der Waals surface area contributed by atoms with Crippen molar-refractivity contribution in [3.63, 3.8) is 0 Å². The number of benzene rings is 1. The Morgan fingerprint density at radius 3 is 2.71 bits per heavy atom. The lowest BCUT2D eigenvalue weighted by molar-refractivity contribution is -0.116. The first-order valence-corrected chi connectivity index (χ1v) is 8.17. The van der Waals surface area contributed by atoms with Crippen LogP contribution in [0.1, 0.15) is 16.8 Å². The topological polar surface area (TPSA) is 75.5 Å². The van der Waals surface area contributed by atoms with Gasteiger partial charge >= 0.3 is 0 Å². The van der Waals surface area contributed by atoms with Crippen LogP contribution in [-0.4, -0.2) is 27.7 Å². The predicted molar refractivity (Wildman–Crippen MR) is 94.9 cm³/mol. The summed E-state index contributed by atoms with van der Waals surface area (Å²) < 4.78 is 2.72. The van der Waals surface area contributed by atoms with Gasteiger partial charge in [-0.2, -0.15) is 0 Å². The van der Waals surface area contributed by atoms with Crippen LogP contribution in [0, 0.1) is 0 Å². The van der Waals surface area contributed by atoms with E-state index in [1.54, 1.807) is 47.3 Å². The maximum Gasteiger partial charge on any atom is 0.252 e. The predicted octanol–water partition coefficient (Wildman–Crippen LogP) is 2.86. The van der Waals surface area contributed by atoms with Crippen molar-refractivity contribution in [1.82, 2.24) is 14.7 Å². The summed E-state index contributed by atoms with van der Waals surface area (Å²) in [6.07, 6.45) is 5.36. The number of nitrogens with one attached hydrogen (secondary N) is 2. The molecule has 0 saturated carbocycles. The number of hydrogen-bond acceptors (Lipinski definition) is 3. The highest BCUT2D eigenvalue weighted by molar-refractivity contribution is 9.10. The van der Waals surface area contributed by atoms with E-state index < -0.39 is 0 Å². The molecule has 0 saturated heterocycles. The van der Waals surface area contributed by atoms with Crippen molar-refractivity contribution in [2.75, 3.05) is 11.9 Å². The first-order chi connectivity index (χ1) is 11.6. The number of aromatic nitrogens is 2. The molecule has 0 radical (unpaired) electrons. The monoisotopic (exact) mass is 386 g/mol. The van der Waals surface area contributed by atoms with Crippen LogP contribution in [0.15, 0.2) is 59.5 Å². The molecule has 1 aromatic carbocycles. The van der Waals surface area contributed by atoms with Crippen molar-refractivity contribution in [2.24, 2.45) is 0 Å². The zero-order chi connectivity index (χ0) is 16.9. The molecule has 0 atom stereocenters. The van der Waals surface area contributed by atoms with Crippen LogP contribution in [0.4, 0.5) is 5.69 Å². The molecule has 0 aliphatic carbocycles. The molecular formula is C17H15BrN4O2. The first-order valence-electron chi connectivity index (χ1n) is 7.38. The fraction of sp³-hybridized carbons (Fsp3) is 0.118. The summed E-state index contributed by atoms with van der Waals surface area (Å²) in [6, 6.07) is 10.8. The van der Waals surface area contributed by atoms with E-state index >= 15 is 0 Å². The van der Waals surface area contributed by atoms with Crippen LogP contribution in [0.3, 0.4) is 0 Å². The molecule has 7 heteroatoms. The van der Waals surface area contributed by atoms with E-state index in [4.69, 9.17) is 0 Å². The molecule has 0 spiro atoms. The third-order valence-electron chi connectivity index (χ3n) is 3.42. The van der Waals surface area contributed by atoms with Crippen molar-refractivity contribution in [1.29, 1.82) is 0 Å². The van der Waals surface area contributed by atoms with Crippen LogP contribution in [-0.2, 0) is 4.79 Å². The van der Waals surface area contributed by atoms with Crippen LogP contribution in [0.25, 0.3) is 5.65 Å². The zero-order valence-corrected chi connectivity index (χ0v) is 14.3. The molecule has 0 unspecified atom stereocenters. The number of rotatable bonds is 5. The highest BCUT2D eigenvalue weighted by Gasteiger charge is 2.08. The molecule has 2 N–H and O–H groups in total. The largest absolute Gasteiger partial charge is 0.351 e. The Morgan fingerprint density at radius 1 is 1.12 bits per heavy atom. The number of halogens is 1. The van der Waals surface area contributed by atoms with Crippen LogP contribution < -0.4 is 10.6 Å². The fourth-order valence-electron chi connectivity index (χ4n) is 2.20. The Bertz CT molecular complexity index is 874. The van der Waals surface area contributed by atoms with Gasteiger partial charge in [0, 0.05) is 41.7 Å². The van der Waals surface area contributed by atoms with Crippen LogP contribution in [0.5, 0.6) is 0 Å². The summed E-state index contributed by atoms with van der Waals surface area (Å²) in [7, 11) is 0. The van der Waals surface area contributed by atoms with E-state index in [1.165, 1.54) is 0 Å². The quantitative estimate of drug-likeness (QED) is 0.707. The maximum absolute atomic E-state index is 12.1. The Hall–Kier alpha value is -2.67. The number of carbonyl (C=O) groups excluding carboxylic acids is 2. The van der Waals surface area contributed by atoms with Crippen LogP contribution >= 0.6 is 15.9 Å². The summed E-state index contributed by atoms with van der Waals surface area (Å²) in [6.45, 7) is 0.267. The van der Waals surface area contributed by atoms with E-state index in [0.717, 1.165) is 15.8 Å². The molecule has 3 aromatic rings. The molecular weight excluding hydrogens is 372 g/mol. The molecule has 2 amide bonds. The molecule has 6 nitrogen and oxygen atoms in total. The second-order valence-corrected chi connectivity index (χ2v) is 6.09. The van der Waals surface area contributed by atoms with Crippen molar-refractivity contribution < 1.29 is 9.59 Å². The van der Waals surface area contributed by atoms with E-state index in [0.29, 0.717) is 5.56 Å². The van der Waals surface area contributed by atoms with Gasteiger partial charge in [0.15, 0.2) is 0 Å². The molecule has 24 heavy (non-hydrogen) atoms. The highest BCUT2D eigenvalue weighted by atomic mass is 79.9. The van der Waals surface area contributed by atoms with Crippen molar-refractivity contribution in [2.45, 2.75) is 6.42 Å².